The molecule has 0 spiro atoms. The molecule has 172 valence electrons. The number of hydrogen-bond acceptors (Lipinski definition) is 9. The molecule has 1 aliphatic rings. The van der Waals surface area contributed by atoms with Gasteiger partial charge in [-0.1, -0.05) is 0 Å². The highest BCUT2D eigenvalue weighted by molar-refractivity contribution is 7.14. The fraction of sp³-hybridized carbons (Fsp3) is 0.455. The van der Waals surface area contributed by atoms with Gasteiger partial charge in [-0.25, -0.2) is 15.0 Å². The molecule has 1 saturated heterocycles. The number of aryl methyl sites for hydroxylation is 3. The van der Waals surface area contributed by atoms with Crippen molar-refractivity contribution in [1.29, 1.82) is 5.26 Å². The number of nitrogens with zero attached hydrogens (tertiary/aromatic N) is 7. The summed E-state index contributed by atoms with van der Waals surface area (Å²) >= 11 is 1.33. The third-order valence-corrected chi connectivity index (χ3v) is 6.30. The van der Waals surface area contributed by atoms with Gasteiger partial charge in [0.15, 0.2) is 5.13 Å². The van der Waals surface area contributed by atoms with Gasteiger partial charge in [0.05, 0.1) is 30.0 Å². The van der Waals surface area contributed by atoms with E-state index in [0.29, 0.717) is 29.9 Å². The van der Waals surface area contributed by atoms with Crippen molar-refractivity contribution in [2.24, 2.45) is 0 Å². The number of carbonyl (C=O) groups excluding carboxylic acids is 1. The standard InChI is InChI=1S/C22H27N9OS/c1-15-13-16(2)31(29-15)11-4-8-24-20(32)18-14-33-22(27-18)28-21-25-9-6-17(26-21)19-5-3-10-30(19)12-7-23/h6,9,13-14,19H,3-5,8,10-12H2,1-2H3,(H,24,32)(H,25,26,27,28). The summed E-state index contributed by atoms with van der Waals surface area (Å²) in [6.45, 7) is 6.59. The van der Waals surface area contributed by atoms with Crippen LogP contribution >= 0.6 is 11.3 Å². The zero-order valence-corrected chi connectivity index (χ0v) is 19.6. The van der Waals surface area contributed by atoms with Crippen molar-refractivity contribution in [1.82, 2.24) is 34.9 Å². The van der Waals surface area contributed by atoms with Crippen LogP contribution in [0.15, 0.2) is 23.7 Å². The first-order valence-electron chi connectivity index (χ1n) is 11.0. The van der Waals surface area contributed by atoms with Crippen LogP contribution in [0.3, 0.4) is 0 Å². The number of amides is 1. The van der Waals surface area contributed by atoms with Gasteiger partial charge in [-0.15, -0.1) is 11.3 Å². The van der Waals surface area contributed by atoms with Crippen LogP contribution < -0.4 is 10.6 Å². The van der Waals surface area contributed by atoms with Crippen molar-refractivity contribution < 1.29 is 4.79 Å². The van der Waals surface area contributed by atoms with E-state index >= 15 is 0 Å². The fourth-order valence-electron chi connectivity index (χ4n) is 4.01. The number of likely N-dealkylation sites (tertiary alicyclic amines) is 1. The first-order chi connectivity index (χ1) is 16.0. The van der Waals surface area contributed by atoms with Gasteiger partial charge < -0.3 is 10.6 Å². The van der Waals surface area contributed by atoms with Crippen molar-refractivity contribution in [3.63, 3.8) is 0 Å². The number of hydrogen-bond donors (Lipinski definition) is 2. The Bertz CT molecular complexity index is 1150. The highest BCUT2D eigenvalue weighted by Gasteiger charge is 2.27. The zero-order valence-electron chi connectivity index (χ0n) is 18.8. The molecule has 4 rings (SSSR count). The van der Waals surface area contributed by atoms with Crippen LogP contribution in [0.4, 0.5) is 11.1 Å². The van der Waals surface area contributed by atoms with Gasteiger partial charge in [-0.3, -0.25) is 14.4 Å². The topological polar surface area (TPSA) is 125 Å². The molecule has 11 heteroatoms. The molecule has 1 amide bonds. The van der Waals surface area contributed by atoms with E-state index in [1.165, 1.54) is 11.3 Å². The lowest BCUT2D eigenvalue weighted by molar-refractivity contribution is 0.0948. The maximum atomic E-state index is 12.4. The Hall–Kier alpha value is -3.36. The highest BCUT2D eigenvalue weighted by atomic mass is 32.1. The van der Waals surface area contributed by atoms with Gasteiger partial charge in [0.25, 0.3) is 5.91 Å². The number of rotatable bonds is 9. The van der Waals surface area contributed by atoms with Crippen molar-refractivity contribution >= 4 is 28.3 Å². The van der Waals surface area contributed by atoms with Gasteiger partial charge in [0.1, 0.15) is 5.69 Å². The molecule has 0 saturated carbocycles. The molecule has 3 aromatic rings. The summed E-state index contributed by atoms with van der Waals surface area (Å²) in [5.74, 6) is 0.225. The lowest BCUT2D eigenvalue weighted by Gasteiger charge is -2.21. The Morgan fingerprint density at radius 3 is 3.03 bits per heavy atom. The Labute approximate surface area is 196 Å². The molecular formula is C22H27N9OS. The maximum Gasteiger partial charge on any atom is 0.270 e. The number of thiazole rings is 1. The average molecular weight is 466 g/mol. The maximum absolute atomic E-state index is 12.4. The molecule has 1 atom stereocenters. The molecule has 0 radical (unpaired) electrons. The first kappa shape index (κ1) is 22.8. The van der Waals surface area contributed by atoms with E-state index in [2.05, 4.69) is 41.7 Å². The fourth-order valence-corrected chi connectivity index (χ4v) is 4.70. The van der Waals surface area contributed by atoms with Crippen LogP contribution in [-0.4, -0.2) is 55.2 Å². The summed E-state index contributed by atoms with van der Waals surface area (Å²) in [6, 6.07) is 6.28. The normalized spacial score (nSPS) is 16.0. The third kappa shape index (κ3) is 5.71. The summed E-state index contributed by atoms with van der Waals surface area (Å²) in [4.78, 5) is 27.8. The lowest BCUT2D eigenvalue weighted by Crippen LogP contribution is -2.25. The van der Waals surface area contributed by atoms with Crippen LogP contribution in [0.5, 0.6) is 0 Å². The molecule has 1 fully saturated rings. The molecule has 1 aliphatic heterocycles. The Balaban J connectivity index is 1.30. The first-order valence-corrected chi connectivity index (χ1v) is 11.9. The minimum absolute atomic E-state index is 0.125. The quantitative estimate of drug-likeness (QED) is 0.365. The summed E-state index contributed by atoms with van der Waals surface area (Å²) in [5.41, 5.74) is 3.36. The minimum atomic E-state index is -0.208. The number of nitrogens with one attached hydrogen (secondary N) is 2. The van der Waals surface area contributed by atoms with E-state index in [-0.39, 0.29) is 11.9 Å². The van der Waals surface area contributed by atoms with E-state index in [9.17, 15) is 4.79 Å². The van der Waals surface area contributed by atoms with Crippen molar-refractivity contribution in [2.75, 3.05) is 25.0 Å². The van der Waals surface area contributed by atoms with Crippen LogP contribution in [-0.2, 0) is 6.54 Å². The average Bonchev–Trinajstić information content (AvgIpc) is 3.52. The lowest BCUT2D eigenvalue weighted by atomic mass is 10.1. The number of anilines is 2. The number of aromatic nitrogens is 5. The molecule has 0 bridgehead atoms. The largest absolute Gasteiger partial charge is 0.351 e. The molecule has 0 aliphatic carbocycles. The Kier molecular flexibility index (Phi) is 7.26. The monoisotopic (exact) mass is 465 g/mol. The van der Waals surface area contributed by atoms with Gasteiger partial charge in [0.2, 0.25) is 5.95 Å². The summed E-state index contributed by atoms with van der Waals surface area (Å²) < 4.78 is 1.95. The van der Waals surface area contributed by atoms with Gasteiger partial charge in [0, 0.05) is 30.4 Å². The second-order valence-corrected chi connectivity index (χ2v) is 8.87. The van der Waals surface area contributed by atoms with Gasteiger partial charge in [-0.05, 0) is 51.8 Å². The van der Waals surface area contributed by atoms with E-state index in [4.69, 9.17) is 5.26 Å². The Morgan fingerprint density at radius 2 is 2.24 bits per heavy atom. The summed E-state index contributed by atoms with van der Waals surface area (Å²) in [6.07, 6.45) is 4.51. The van der Waals surface area contributed by atoms with E-state index in [1.807, 2.05) is 30.7 Å². The molecule has 4 heterocycles. The molecule has 33 heavy (non-hydrogen) atoms. The Morgan fingerprint density at radius 1 is 1.36 bits per heavy atom. The third-order valence-electron chi connectivity index (χ3n) is 5.55. The molecule has 10 nitrogen and oxygen atoms in total. The van der Waals surface area contributed by atoms with Crippen LogP contribution in [0, 0.1) is 25.2 Å². The summed E-state index contributed by atoms with van der Waals surface area (Å²) in [7, 11) is 0. The molecule has 0 aromatic carbocycles. The van der Waals surface area contributed by atoms with E-state index < -0.39 is 0 Å². The van der Waals surface area contributed by atoms with Crippen LogP contribution in [0.2, 0.25) is 0 Å². The van der Waals surface area contributed by atoms with Crippen LogP contribution in [0.1, 0.15) is 52.9 Å². The molecule has 2 N–H and O–H groups in total. The number of nitriles is 1. The SMILES string of the molecule is Cc1cc(C)n(CCCNC(=O)c2csc(Nc3nccc(C4CCCN4CC#N)n3)n2)n1. The predicted octanol–water partition coefficient (Wildman–Crippen LogP) is 2.97. The summed E-state index contributed by atoms with van der Waals surface area (Å²) in [5, 5.41) is 21.7. The highest BCUT2D eigenvalue weighted by Crippen LogP contribution is 2.30. The second kappa shape index (κ2) is 10.5. The number of carbonyl (C=O) groups is 1. The van der Waals surface area contributed by atoms with Crippen molar-refractivity contribution in [3.8, 4) is 6.07 Å². The minimum Gasteiger partial charge on any atom is -0.351 e. The van der Waals surface area contributed by atoms with E-state index in [1.54, 1.807) is 11.6 Å². The molecular weight excluding hydrogens is 438 g/mol. The van der Waals surface area contributed by atoms with Gasteiger partial charge >= 0.3 is 0 Å². The zero-order chi connectivity index (χ0) is 23.2. The second-order valence-electron chi connectivity index (χ2n) is 8.01. The smallest absolute Gasteiger partial charge is 0.270 e. The van der Waals surface area contributed by atoms with Crippen molar-refractivity contribution in [2.45, 2.75) is 45.7 Å². The van der Waals surface area contributed by atoms with E-state index in [0.717, 1.165) is 49.4 Å². The predicted molar refractivity (Wildman–Crippen MR) is 125 cm³/mol. The molecule has 3 aromatic heterocycles. The molecule has 1 unspecified atom stereocenters. The van der Waals surface area contributed by atoms with Crippen molar-refractivity contribution in [3.05, 3.63) is 46.5 Å². The van der Waals surface area contributed by atoms with Crippen LogP contribution in [0.25, 0.3) is 0 Å². The van der Waals surface area contributed by atoms with Gasteiger partial charge in [-0.2, -0.15) is 10.4 Å².